The van der Waals surface area contributed by atoms with Crippen LogP contribution >= 0.6 is 0 Å². The SMILES string of the molecule is CC.Cc1c([N+](=O)[O-])cnc2c1CCO2. The molecular weight excluding hydrogens is 196 g/mol. The van der Waals surface area contributed by atoms with Gasteiger partial charge in [-0.3, -0.25) is 10.1 Å². The van der Waals surface area contributed by atoms with E-state index in [-0.39, 0.29) is 5.69 Å². The van der Waals surface area contributed by atoms with Crippen molar-refractivity contribution in [3.8, 4) is 5.88 Å². The lowest BCUT2D eigenvalue weighted by Gasteiger charge is -2.01. The number of pyridine rings is 1. The van der Waals surface area contributed by atoms with Crippen LogP contribution in [0.15, 0.2) is 6.20 Å². The summed E-state index contributed by atoms with van der Waals surface area (Å²) in [6.45, 7) is 6.30. The minimum absolute atomic E-state index is 0.0734. The third-order valence-electron chi connectivity index (χ3n) is 2.19. The highest BCUT2D eigenvalue weighted by Gasteiger charge is 2.22. The Morgan fingerprint density at radius 3 is 2.80 bits per heavy atom. The quantitative estimate of drug-likeness (QED) is 0.526. The minimum Gasteiger partial charge on any atom is -0.477 e. The molecule has 5 nitrogen and oxygen atoms in total. The number of nitrogens with zero attached hydrogens (tertiary/aromatic N) is 2. The zero-order chi connectivity index (χ0) is 11.4. The Morgan fingerprint density at radius 2 is 2.20 bits per heavy atom. The van der Waals surface area contributed by atoms with Crippen LogP contribution in [0.2, 0.25) is 0 Å². The van der Waals surface area contributed by atoms with Crippen molar-refractivity contribution in [3.05, 3.63) is 27.4 Å². The van der Waals surface area contributed by atoms with E-state index in [1.165, 1.54) is 6.20 Å². The first-order valence-electron chi connectivity index (χ1n) is 4.96. The van der Waals surface area contributed by atoms with Gasteiger partial charge in [-0.1, -0.05) is 13.8 Å². The lowest BCUT2D eigenvalue weighted by atomic mass is 10.1. The maximum Gasteiger partial charge on any atom is 0.290 e. The standard InChI is InChI=1S/C8H8N2O3.C2H6/c1-5-6-2-3-13-8(6)9-4-7(5)10(11)12;1-2/h4H,2-3H2,1H3;1-2H3. The molecule has 0 radical (unpaired) electrons. The largest absolute Gasteiger partial charge is 0.477 e. The van der Waals surface area contributed by atoms with Crippen molar-refractivity contribution >= 4 is 5.69 Å². The third kappa shape index (κ3) is 2.06. The molecule has 1 aliphatic rings. The second kappa shape index (κ2) is 4.72. The second-order valence-electron chi connectivity index (χ2n) is 2.91. The summed E-state index contributed by atoms with van der Waals surface area (Å²) in [5, 5.41) is 10.5. The van der Waals surface area contributed by atoms with Gasteiger partial charge in [-0.2, -0.15) is 0 Å². The van der Waals surface area contributed by atoms with E-state index in [9.17, 15) is 10.1 Å². The van der Waals surface area contributed by atoms with Gasteiger partial charge in [-0.05, 0) is 6.92 Å². The summed E-state index contributed by atoms with van der Waals surface area (Å²) >= 11 is 0. The molecule has 5 heteroatoms. The molecule has 0 spiro atoms. The predicted molar refractivity (Wildman–Crippen MR) is 56.2 cm³/mol. The Kier molecular flexibility index (Phi) is 3.60. The Bertz CT molecular complexity index is 377. The number of hydrogen-bond acceptors (Lipinski definition) is 4. The molecule has 0 saturated heterocycles. The van der Waals surface area contributed by atoms with E-state index in [0.717, 1.165) is 12.0 Å². The van der Waals surface area contributed by atoms with Crippen molar-refractivity contribution in [2.45, 2.75) is 27.2 Å². The fraction of sp³-hybridized carbons (Fsp3) is 0.500. The Balaban J connectivity index is 0.000000531. The molecule has 0 fully saturated rings. The van der Waals surface area contributed by atoms with Crippen LogP contribution in [-0.4, -0.2) is 16.5 Å². The van der Waals surface area contributed by atoms with Gasteiger partial charge in [0.05, 0.1) is 11.5 Å². The molecule has 0 atom stereocenters. The topological polar surface area (TPSA) is 65.3 Å². The van der Waals surface area contributed by atoms with Crippen LogP contribution in [0.4, 0.5) is 5.69 Å². The first-order chi connectivity index (χ1) is 7.20. The van der Waals surface area contributed by atoms with E-state index in [2.05, 4.69) is 4.98 Å². The summed E-state index contributed by atoms with van der Waals surface area (Å²) in [5.41, 5.74) is 1.62. The average molecular weight is 210 g/mol. The van der Waals surface area contributed by atoms with Crippen LogP contribution < -0.4 is 4.74 Å². The zero-order valence-corrected chi connectivity index (χ0v) is 9.11. The third-order valence-corrected chi connectivity index (χ3v) is 2.19. The molecule has 0 saturated carbocycles. The number of hydrogen-bond donors (Lipinski definition) is 0. The first-order valence-corrected chi connectivity index (χ1v) is 4.96. The van der Waals surface area contributed by atoms with Crippen LogP contribution in [0.3, 0.4) is 0 Å². The number of fused-ring (bicyclic) bond motifs is 1. The van der Waals surface area contributed by atoms with E-state index < -0.39 is 4.92 Å². The fourth-order valence-electron chi connectivity index (χ4n) is 1.46. The molecule has 82 valence electrons. The van der Waals surface area contributed by atoms with Crippen molar-refractivity contribution in [1.29, 1.82) is 0 Å². The first kappa shape index (κ1) is 11.4. The van der Waals surface area contributed by atoms with Gasteiger partial charge in [-0.15, -0.1) is 0 Å². The molecule has 1 aliphatic heterocycles. The predicted octanol–water partition coefficient (Wildman–Crippen LogP) is 2.26. The molecule has 0 bridgehead atoms. The molecule has 0 N–H and O–H groups in total. The van der Waals surface area contributed by atoms with E-state index in [1.54, 1.807) is 6.92 Å². The minimum atomic E-state index is -0.416. The average Bonchev–Trinajstić information content (AvgIpc) is 2.69. The van der Waals surface area contributed by atoms with Gasteiger partial charge in [0.2, 0.25) is 5.88 Å². The molecule has 2 heterocycles. The van der Waals surface area contributed by atoms with E-state index in [1.807, 2.05) is 13.8 Å². The molecule has 15 heavy (non-hydrogen) atoms. The summed E-state index contributed by atoms with van der Waals surface area (Å²) in [6, 6.07) is 0. The second-order valence-corrected chi connectivity index (χ2v) is 2.91. The molecule has 0 aromatic carbocycles. The van der Waals surface area contributed by atoms with E-state index >= 15 is 0 Å². The monoisotopic (exact) mass is 210 g/mol. The summed E-state index contributed by atoms with van der Waals surface area (Å²) in [5.74, 6) is 0.545. The van der Waals surface area contributed by atoms with E-state index in [4.69, 9.17) is 4.74 Å². The normalized spacial score (nSPS) is 12.2. The van der Waals surface area contributed by atoms with Crippen molar-refractivity contribution in [2.24, 2.45) is 0 Å². The van der Waals surface area contributed by atoms with Gasteiger partial charge in [0, 0.05) is 17.5 Å². The number of nitro groups is 1. The summed E-state index contributed by atoms with van der Waals surface area (Å²) < 4.78 is 5.18. The molecule has 0 amide bonds. The highest BCUT2D eigenvalue weighted by molar-refractivity contribution is 5.48. The van der Waals surface area contributed by atoms with Gasteiger partial charge < -0.3 is 4.74 Å². The highest BCUT2D eigenvalue weighted by atomic mass is 16.6. The smallest absolute Gasteiger partial charge is 0.290 e. The van der Waals surface area contributed by atoms with Gasteiger partial charge in [-0.25, -0.2) is 4.98 Å². The van der Waals surface area contributed by atoms with Gasteiger partial charge in [0.1, 0.15) is 6.20 Å². The Hall–Kier alpha value is -1.65. The van der Waals surface area contributed by atoms with Crippen molar-refractivity contribution < 1.29 is 9.66 Å². The number of aromatic nitrogens is 1. The maximum absolute atomic E-state index is 10.5. The lowest BCUT2D eigenvalue weighted by Crippen LogP contribution is -1.96. The van der Waals surface area contributed by atoms with Crippen LogP contribution in [0.1, 0.15) is 25.0 Å². The number of ether oxygens (including phenoxy) is 1. The van der Waals surface area contributed by atoms with Crippen molar-refractivity contribution in [1.82, 2.24) is 4.98 Å². The molecule has 0 unspecified atom stereocenters. The molecule has 1 aromatic heterocycles. The molecule has 1 aromatic rings. The van der Waals surface area contributed by atoms with Gasteiger partial charge >= 0.3 is 0 Å². The fourth-order valence-corrected chi connectivity index (χ4v) is 1.46. The number of rotatable bonds is 1. The molecule has 0 aliphatic carbocycles. The summed E-state index contributed by atoms with van der Waals surface area (Å²) in [4.78, 5) is 14.0. The molecule has 2 rings (SSSR count). The van der Waals surface area contributed by atoms with Crippen LogP contribution in [-0.2, 0) is 6.42 Å². The van der Waals surface area contributed by atoms with E-state index in [0.29, 0.717) is 18.1 Å². The zero-order valence-electron chi connectivity index (χ0n) is 9.11. The summed E-state index contributed by atoms with van der Waals surface area (Å²) in [7, 11) is 0. The Labute approximate surface area is 88.2 Å². The van der Waals surface area contributed by atoms with Crippen LogP contribution in [0.25, 0.3) is 0 Å². The van der Waals surface area contributed by atoms with Crippen molar-refractivity contribution in [3.63, 3.8) is 0 Å². The van der Waals surface area contributed by atoms with Crippen LogP contribution in [0.5, 0.6) is 5.88 Å². The van der Waals surface area contributed by atoms with Crippen molar-refractivity contribution in [2.75, 3.05) is 6.61 Å². The van der Waals surface area contributed by atoms with Crippen LogP contribution in [0, 0.1) is 17.0 Å². The molecular formula is C10H14N2O3. The van der Waals surface area contributed by atoms with Gasteiger partial charge in [0.15, 0.2) is 0 Å². The maximum atomic E-state index is 10.5. The van der Waals surface area contributed by atoms with Gasteiger partial charge in [0.25, 0.3) is 5.69 Å². The Morgan fingerprint density at radius 1 is 1.53 bits per heavy atom. The summed E-state index contributed by atoms with van der Waals surface area (Å²) in [6.07, 6.45) is 1.97. The lowest BCUT2D eigenvalue weighted by molar-refractivity contribution is -0.385. The highest BCUT2D eigenvalue weighted by Crippen LogP contribution is 2.30.